The number of nitrogens with zero attached hydrogens (tertiary/aromatic N) is 2. The van der Waals surface area contributed by atoms with E-state index in [0.29, 0.717) is 0 Å². The van der Waals surface area contributed by atoms with Gasteiger partial charge in [-0.15, -0.1) is 0 Å². The molecule has 0 N–H and O–H groups in total. The van der Waals surface area contributed by atoms with Crippen molar-refractivity contribution in [2.24, 2.45) is 0 Å². The maximum absolute atomic E-state index is 2.48. The average molecular weight is 554 g/mol. The first-order valence-corrected chi connectivity index (χ1v) is 8.51. The topological polar surface area (TPSA) is 6.48 Å². The molecule has 1 aliphatic rings. The molecule has 0 spiro atoms. The summed E-state index contributed by atoms with van der Waals surface area (Å²) in [7, 11) is 0. The molecule has 5 heteroatoms. The van der Waals surface area contributed by atoms with Crippen LogP contribution >= 0.6 is 67.8 Å². The van der Waals surface area contributed by atoms with Crippen molar-refractivity contribution in [3.63, 3.8) is 0 Å². The van der Waals surface area contributed by atoms with Crippen LogP contribution in [0.5, 0.6) is 0 Å². The van der Waals surface area contributed by atoms with Crippen LogP contribution in [-0.4, -0.2) is 19.8 Å². The van der Waals surface area contributed by atoms with Gasteiger partial charge in [-0.25, -0.2) is 0 Å². The number of benzene rings is 1. The highest BCUT2D eigenvalue weighted by Gasteiger charge is 2.28. The van der Waals surface area contributed by atoms with Gasteiger partial charge < -0.3 is 9.80 Å². The third kappa shape index (κ3) is 2.15. The number of fused-ring (bicyclic) bond motifs is 1. The van der Waals surface area contributed by atoms with E-state index >= 15 is 0 Å². The minimum absolute atomic E-state index is 1.04. The van der Waals surface area contributed by atoms with E-state index in [2.05, 4.69) is 97.5 Å². The van der Waals surface area contributed by atoms with E-state index in [1.165, 1.54) is 22.1 Å². The molecular formula is C11H13I3N2. The molecule has 0 saturated heterocycles. The van der Waals surface area contributed by atoms with Crippen LogP contribution in [0.4, 0.5) is 11.4 Å². The zero-order valence-electron chi connectivity index (χ0n) is 9.23. The molecule has 1 aromatic carbocycles. The summed E-state index contributed by atoms with van der Waals surface area (Å²) in [6.07, 6.45) is 0. The Balaban J connectivity index is 2.60. The third-order valence-corrected chi connectivity index (χ3v) is 7.96. The van der Waals surface area contributed by atoms with Gasteiger partial charge in [0.2, 0.25) is 0 Å². The number of rotatable bonds is 2. The van der Waals surface area contributed by atoms with Crippen molar-refractivity contribution in [1.29, 1.82) is 0 Å². The van der Waals surface area contributed by atoms with Crippen molar-refractivity contribution in [2.75, 3.05) is 29.6 Å². The lowest BCUT2D eigenvalue weighted by Gasteiger charge is -2.18. The van der Waals surface area contributed by atoms with Gasteiger partial charge in [-0.3, -0.25) is 0 Å². The molecule has 0 amide bonds. The fourth-order valence-electron chi connectivity index (χ4n) is 2.00. The van der Waals surface area contributed by atoms with Gasteiger partial charge in [0.25, 0.3) is 0 Å². The largest absolute Gasteiger partial charge is 0.352 e. The lowest BCUT2D eigenvalue weighted by atomic mass is 10.2. The minimum Gasteiger partial charge on any atom is -0.352 e. The molecule has 0 atom stereocenters. The molecule has 0 radical (unpaired) electrons. The molecule has 0 aromatic heterocycles. The Hall–Kier alpha value is 1.01. The van der Waals surface area contributed by atoms with Crippen LogP contribution in [-0.2, 0) is 0 Å². The van der Waals surface area contributed by atoms with Gasteiger partial charge in [0.1, 0.15) is 0 Å². The predicted octanol–water partition coefficient (Wildman–Crippen LogP) is 4.12. The van der Waals surface area contributed by atoms with Crippen LogP contribution in [0.3, 0.4) is 0 Å². The van der Waals surface area contributed by atoms with E-state index in [1.54, 1.807) is 0 Å². The van der Waals surface area contributed by atoms with E-state index in [0.717, 1.165) is 19.8 Å². The predicted molar refractivity (Wildman–Crippen MR) is 95.5 cm³/mol. The SMILES string of the molecule is CCN1CN(CC)c2c1cc(I)c(I)c2I. The monoisotopic (exact) mass is 554 g/mol. The summed E-state index contributed by atoms with van der Waals surface area (Å²) >= 11 is 7.36. The van der Waals surface area contributed by atoms with E-state index < -0.39 is 0 Å². The Bertz CT molecular complexity index is 420. The van der Waals surface area contributed by atoms with E-state index in [-0.39, 0.29) is 0 Å². The standard InChI is InChI=1S/C11H13I3N2/c1-3-15-6-16(4-2)11-8(15)5-7(12)9(13)10(11)14/h5H,3-4,6H2,1-2H3. The van der Waals surface area contributed by atoms with Crippen LogP contribution in [0, 0.1) is 10.7 Å². The number of hydrogen-bond acceptors (Lipinski definition) is 2. The van der Waals surface area contributed by atoms with Gasteiger partial charge in [0.15, 0.2) is 0 Å². The summed E-state index contributed by atoms with van der Waals surface area (Å²) in [4.78, 5) is 4.90. The van der Waals surface area contributed by atoms with Gasteiger partial charge in [-0.1, -0.05) is 0 Å². The molecule has 2 nitrogen and oxygen atoms in total. The molecular weight excluding hydrogens is 541 g/mol. The Morgan fingerprint density at radius 2 is 1.69 bits per heavy atom. The first kappa shape index (κ1) is 13.4. The number of hydrogen-bond donors (Lipinski definition) is 0. The molecule has 0 unspecified atom stereocenters. The van der Waals surface area contributed by atoms with Crippen LogP contribution < -0.4 is 9.80 Å². The molecule has 0 aliphatic carbocycles. The highest BCUT2D eigenvalue weighted by molar-refractivity contribution is 14.1. The minimum atomic E-state index is 1.04. The fraction of sp³-hybridized carbons (Fsp3) is 0.455. The molecule has 88 valence electrons. The fourth-order valence-corrected chi connectivity index (χ4v) is 4.40. The molecule has 0 fully saturated rings. The average Bonchev–Trinajstić information content (AvgIpc) is 2.64. The van der Waals surface area contributed by atoms with E-state index in [4.69, 9.17) is 0 Å². The summed E-state index contributed by atoms with van der Waals surface area (Å²) in [5.74, 6) is 0. The molecule has 0 bridgehead atoms. The lowest BCUT2D eigenvalue weighted by molar-refractivity contribution is 0.800. The van der Waals surface area contributed by atoms with Crippen LogP contribution in [0.2, 0.25) is 0 Å². The Labute approximate surface area is 138 Å². The van der Waals surface area contributed by atoms with Crippen molar-refractivity contribution >= 4 is 79.1 Å². The van der Waals surface area contributed by atoms with Crippen molar-refractivity contribution < 1.29 is 0 Å². The molecule has 0 saturated carbocycles. The lowest BCUT2D eigenvalue weighted by Crippen LogP contribution is -2.30. The van der Waals surface area contributed by atoms with Gasteiger partial charge in [-0.2, -0.15) is 0 Å². The van der Waals surface area contributed by atoms with Crippen molar-refractivity contribution in [3.8, 4) is 0 Å². The zero-order valence-corrected chi connectivity index (χ0v) is 15.7. The normalized spacial score (nSPS) is 14.6. The molecule has 1 heterocycles. The second-order valence-electron chi connectivity index (χ2n) is 3.71. The maximum Gasteiger partial charge on any atom is 0.0904 e. The van der Waals surface area contributed by atoms with Crippen LogP contribution in [0.15, 0.2) is 6.07 Å². The van der Waals surface area contributed by atoms with Crippen LogP contribution in [0.25, 0.3) is 0 Å². The summed E-state index contributed by atoms with van der Waals surface area (Å²) < 4.78 is 4.14. The van der Waals surface area contributed by atoms with Gasteiger partial charge in [0, 0.05) is 20.2 Å². The first-order chi connectivity index (χ1) is 7.60. The molecule has 2 rings (SSSR count). The quantitative estimate of drug-likeness (QED) is 0.402. The molecule has 1 aromatic rings. The van der Waals surface area contributed by atoms with E-state index in [1.807, 2.05) is 0 Å². The van der Waals surface area contributed by atoms with Crippen molar-refractivity contribution in [2.45, 2.75) is 13.8 Å². The number of anilines is 2. The summed E-state index contributed by atoms with van der Waals surface area (Å²) in [5.41, 5.74) is 2.83. The highest BCUT2D eigenvalue weighted by Crippen LogP contribution is 2.43. The highest BCUT2D eigenvalue weighted by atomic mass is 127. The van der Waals surface area contributed by atoms with Gasteiger partial charge in [0.05, 0.1) is 21.6 Å². The van der Waals surface area contributed by atoms with E-state index in [9.17, 15) is 0 Å². The van der Waals surface area contributed by atoms with Gasteiger partial charge in [-0.05, 0) is 87.7 Å². The Kier molecular flexibility index (Phi) is 4.48. The zero-order chi connectivity index (χ0) is 11.9. The second-order valence-corrected chi connectivity index (χ2v) is 7.03. The third-order valence-electron chi connectivity index (χ3n) is 2.88. The Morgan fingerprint density at radius 1 is 1.06 bits per heavy atom. The maximum atomic E-state index is 2.48. The molecule has 1 aliphatic heterocycles. The first-order valence-electron chi connectivity index (χ1n) is 5.27. The summed E-state index contributed by atoms with van der Waals surface area (Å²) in [5, 5.41) is 0. The van der Waals surface area contributed by atoms with Crippen LogP contribution in [0.1, 0.15) is 13.8 Å². The van der Waals surface area contributed by atoms with Crippen molar-refractivity contribution in [1.82, 2.24) is 0 Å². The summed E-state index contributed by atoms with van der Waals surface area (Å²) in [6, 6.07) is 2.32. The smallest absolute Gasteiger partial charge is 0.0904 e. The Morgan fingerprint density at radius 3 is 2.25 bits per heavy atom. The summed E-state index contributed by atoms with van der Waals surface area (Å²) in [6.45, 7) is 7.64. The van der Waals surface area contributed by atoms with Gasteiger partial charge >= 0.3 is 0 Å². The number of halogens is 3. The van der Waals surface area contributed by atoms with Crippen molar-refractivity contribution in [3.05, 3.63) is 16.8 Å². The second kappa shape index (κ2) is 5.33. The molecule has 16 heavy (non-hydrogen) atoms.